The summed E-state index contributed by atoms with van der Waals surface area (Å²) in [6, 6.07) is 90.8. The van der Waals surface area contributed by atoms with Gasteiger partial charge in [0.25, 0.3) is 0 Å². The van der Waals surface area contributed by atoms with Crippen LogP contribution in [0.5, 0.6) is 0 Å². The number of para-hydroxylation sites is 2. The third-order valence-electron chi connectivity index (χ3n) is 14.4. The summed E-state index contributed by atoms with van der Waals surface area (Å²) in [5.74, 6) is 0. The van der Waals surface area contributed by atoms with Gasteiger partial charge in [0, 0.05) is 44.7 Å². The number of fused-ring (bicyclic) bond motifs is 11. The lowest BCUT2D eigenvalue weighted by Gasteiger charge is -2.31. The van der Waals surface area contributed by atoms with Gasteiger partial charge in [-0.2, -0.15) is 0 Å². The largest absolute Gasteiger partial charge is 0.456 e. The molecule has 0 saturated carbocycles. The van der Waals surface area contributed by atoms with Crippen molar-refractivity contribution >= 4 is 101 Å². The molecule has 14 rings (SSSR count). The van der Waals surface area contributed by atoms with Gasteiger partial charge in [-0.3, -0.25) is 0 Å². The van der Waals surface area contributed by atoms with E-state index in [1.54, 1.807) is 0 Å². The Hall–Kier alpha value is -8.70. The molecule has 11 aromatic carbocycles. The van der Waals surface area contributed by atoms with Gasteiger partial charge in [0.15, 0.2) is 8.07 Å². The predicted molar refractivity (Wildman–Crippen MR) is 287 cm³/mol. The number of furan rings is 2. The van der Waals surface area contributed by atoms with Gasteiger partial charge in [-0.15, -0.1) is 0 Å². The van der Waals surface area contributed by atoms with Crippen molar-refractivity contribution in [2.75, 3.05) is 4.90 Å². The number of nitrogens with zero attached hydrogens (tertiary/aromatic N) is 1. The quantitative estimate of drug-likeness (QED) is 0.149. The van der Waals surface area contributed by atoms with Crippen molar-refractivity contribution in [1.82, 2.24) is 0 Å². The third kappa shape index (κ3) is 5.78. The molecule has 0 spiro atoms. The van der Waals surface area contributed by atoms with E-state index in [4.69, 9.17) is 8.83 Å². The van der Waals surface area contributed by atoms with E-state index in [0.717, 1.165) is 61.1 Å². The van der Waals surface area contributed by atoms with Gasteiger partial charge in [0.2, 0.25) is 0 Å². The summed E-state index contributed by atoms with van der Waals surface area (Å²) >= 11 is 0. The first-order chi connectivity index (χ1) is 33.7. The van der Waals surface area contributed by atoms with E-state index in [2.05, 4.69) is 241 Å². The van der Waals surface area contributed by atoms with Gasteiger partial charge in [-0.1, -0.05) is 182 Å². The molecule has 0 amide bonds. The zero-order valence-electron chi connectivity index (χ0n) is 36.9. The minimum Gasteiger partial charge on any atom is -0.456 e. The molecule has 0 bridgehead atoms. The Labute approximate surface area is 394 Å². The third-order valence-corrected chi connectivity index (χ3v) is 19.2. The van der Waals surface area contributed by atoms with Crippen LogP contribution in [0.3, 0.4) is 0 Å². The van der Waals surface area contributed by atoms with Crippen LogP contribution in [0.1, 0.15) is 0 Å². The van der Waals surface area contributed by atoms with Crippen LogP contribution >= 0.6 is 0 Å². The molecule has 68 heavy (non-hydrogen) atoms. The number of hydrogen-bond donors (Lipinski definition) is 0. The fourth-order valence-corrected chi connectivity index (χ4v) is 16.5. The van der Waals surface area contributed by atoms with Gasteiger partial charge in [0.1, 0.15) is 22.3 Å². The average molecular weight is 884 g/mol. The molecule has 1 aliphatic rings. The van der Waals surface area contributed by atoms with Crippen LogP contribution in [0.15, 0.2) is 258 Å². The smallest absolute Gasteiger partial charge is 0.180 e. The van der Waals surface area contributed by atoms with Crippen LogP contribution < -0.4 is 25.6 Å². The summed E-state index contributed by atoms with van der Waals surface area (Å²) in [7, 11) is -2.75. The molecule has 4 heteroatoms. The molecule has 0 unspecified atom stereocenters. The summed E-state index contributed by atoms with van der Waals surface area (Å²) in [4.78, 5) is 2.34. The van der Waals surface area contributed by atoms with E-state index < -0.39 is 8.07 Å². The first-order valence-corrected chi connectivity index (χ1v) is 25.3. The molecule has 2 aromatic heterocycles. The molecule has 1 aliphatic heterocycles. The topological polar surface area (TPSA) is 29.5 Å². The molecule has 0 radical (unpaired) electrons. The van der Waals surface area contributed by atoms with Crippen LogP contribution in [0.4, 0.5) is 17.1 Å². The standard InChI is InChI=1S/C64H41NO2Si/c1-3-16-49(17-4-1)68(50-18-5-2-6-19-50)61-38-30-45(40-56(61)64-62(68)39-37-59-63(64)55-22-10-12-25-58(55)66-59)42-26-31-46(32-27-42)65(48-35-36-54-53-21-9-11-24-57(53)67-60(54)41-48)47-33-28-44(29-34-47)52-23-13-15-43-14-7-8-20-51(43)52/h1-41H. The van der Waals surface area contributed by atoms with Crippen LogP contribution in [0.2, 0.25) is 0 Å². The van der Waals surface area contributed by atoms with E-state index >= 15 is 0 Å². The fraction of sp³-hybridized carbons (Fsp3) is 0. The number of anilines is 3. The molecule has 0 aliphatic carbocycles. The average Bonchev–Trinajstić information content (AvgIpc) is 4.07. The molecule has 13 aromatic rings. The highest BCUT2D eigenvalue weighted by Gasteiger charge is 2.49. The van der Waals surface area contributed by atoms with E-state index in [0.29, 0.717) is 0 Å². The van der Waals surface area contributed by atoms with Crippen LogP contribution in [0, 0.1) is 0 Å². The molecule has 318 valence electrons. The van der Waals surface area contributed by atoms with Crippen molar-refractivity contribution in [2.45, 2.75) is 0 Å². The van der Waals surface area contributed by atoms with Crippen molar-refractivity contribution < 1.29 is 8.83 Å². The first kappa shape index (κ1) is 38.6. The maximum atomic E-state index is 6.59. The van der Waals surface area contributed by atoms with Crippen LogP contribution in [-0.4, -0.2) is 8.07 Å². The van der Waals surface area contributed by atoms with Gasteiger partial charge < -0.3 is 13.7 Å². The predicted octanol–water partition coefficient (Wildman–Crippen LogP) is 14.8. The zero-order valence-corrected chi connectivity index (χ0v) is 37.9. The van der Waals surface area contributed by atoms with Crippen molar-refractivity contribution in [3.8, 4) is 33.4 Å². The molecule has 0 N–H and O–H groups in total. The lowest BCUT2D eigenvalue weighted by Crippen LogP contribution is -2.72. The maximum absolute atomic E-state index is 6.59. The second-order valence-corrected chi connectivity index (χ2v) is 21.7. The Morgan fingerprint density at radius 3 is 1.59 bits per heavy atom. The highest BCUT2D eigenvalue weighted by atomic mass is 28.3. The normalized spacial score (nSPS) is 12.8. The Kier molecular flexibility index (Phi) is 8.60. The summed E-state index contributed by atoms with van der Waals surface area (Å²) in [6.45, 7) is 0. The Morgan fingerprint density at radius 2 is 0.853 bits per heavy atom. The van der Waals surface area contributed by atoms with Crippen LogP contribution in [0.25, 0.3) is 88.0 Å². The highest BCUT2D eigenvalue weighted by molar-refractivity contribution is 7.22. The second kappa shape index (κ2) is 15.2. The van der Waals surface area contributed by atoms with Crippen molar-refractivity contribution in [3.63, 3.8) is 0 Å². The molecule has 3 heterocycles. The van der Waals surface area contributed by atoms with Gasteiger partial charge in [0.05, 0.1) is 0 Å². The summed E-state index contributed by atoms with van der Waals surface area (Å²) in [5, 5.41) is 12.6. The molecule has 0 saturated heterocycles. The van der Waals surface area contributed by atoms with Crippen molar-refractivity contribution in [1.29, 1.82) is 0 Å². The van der Waals surface area contributed by atoms with E-state index in [1.807, 2.05) is 12.1 Å². The number of rotatable bonds is 7. The number of benzene rings is 11. The van der Waals surface area contributed by atoms with Crippen molar-refractivity contribution in [2.24, 2.45) is 0 Å². The number of hydrogen-bond acceptors (Lipinski definition) is 3. The molecular formula is C64H41NO2Si. The maximum Gasteiger partial charge on any atom is 0.180 e. The second-order valence-electron chi connectivity index (χ2n) is 17.9. The first-order valence-electron chi connectivity index (χ1n) is 23.3. The highest BCUT2D eigenvalue weighted by Crippen LogP contribution is 2.43. The summed E-state index contributed by atoms with van der Waals surface area (Å²) in [6.07, 6.45) is 0. The SMILES string of the molecule is c1ccc([Si]2(c3ccccc3)c3ccc(-c4ccc(N(c5ccc(-c6cccc7ccccc67)cc5)c5ccc6c(c5)oc5ccccc56)cc4)cc3-c3c2ccc2oc4ccccc4c32)cc1. The molecular weight excluding hydrogens is 843 g/mol. The Balaban J connectivity index is 0.923. The van der Waals surface area contributed by atoms with E-state index in [1.165, 1.54) is 64.7 Å². The summed E-state index contributed by atoms with van der Waals surface area (Å²) in [5.41, 5.74) is 14.0. The Morgan fingerprint density at radius 1 is 0.309 bits per heavy atom. The molecule has 0 fully saturated rings. The van der Waals surface area contributed by atoms with E-state index in [9.17, 15) is 0 Å². The lowest BCUT2D eigenvalue weighted by molar-refractivity contribution is 0.668. The molecule has 3 nitrogen and oxygen atoms in total. The van der Waals surface area contributed by atoms with Gasteiger partial charge in [-0.05, 0) is 126 Å². The monoisotopic (exact) mass is 883 g/mol. The van der Waals surface area contributed by atoms with E-state index in [-0.39, 0.29) is 0 Å². The zero-order chi connectivity index (χ0) is 44.8. The van der Waals surface area contributed by atoms with Gasteiger partial charge >= 0.3 is 0 Å². The van der Waals surface area contributed by atoms with Crippen LogP contribution in [-0.2, 0) is 0 Å². The summed E-state index contributed by atoms with van der Waals surface area (Å²) < 4.78 is 13.0. The van der Waals surface area contributed by atoms with Crippen molar-refractivity contribution in [3.05, 3.63) is 249 Å². The molecule has 0 atom stereocenters. The Bertz CT molecular complexity index is 4030. The minimum absolute atomic E-state index is 0.862. The fourth-order valence-electron chi connectivity index (χ4n) is 11.3. The minimum atomic E-state index is -2.75. The lowest BCUT2D eigenvalue weighted by atomic mass is 9.96. The van der Waals surface area contributed by atoms with Gasteiger partial charge in [-0.25, -0.2) is 0 Å².